The predicted octanol–water partition coefficient (Wildman–Crippen LogP) is 5.91. The molecule has 1 heterocycles. The second kappa shape index (κ2) is 8.10. The third-order valence-electron chi connectivity index (χ3n) is 5.01. The molecule has 0 saturated carbocycles. The van der Waals surface area contributed by atoms with Gasteiger partial charge >= 0.3 is 0 Å². The molecule has 0 radical (unpaired) electrons. The van der Waals surface area contributed by atoms with Gasteiger partial charge in [0.2, 0.25) is 0 Å². The first-order valence-electron chi connectivity index (χ1n) is 9.26. The maximum atomic E-state index is 12.7. The number of ketones is 1. The summed E-state index contributed by atoms with van der Waals surface area (Å²) in [6.07, 6.45) is 0.00931. The van der Waals surface area contributed by atoms with Crippen molar-refractivity contribution in [2.24, 2.45) is 0 Å². The molecule has 0 N–H and O–H groups in total. The number of hydrogen-bond donors (Lipinski definition) is 0. The smallest absolute Gasteiger partial charge is 0.170 e. The van der Waals surface area contributed by atoms with E-state index in [1.807, 2.05) is 49.4 Å². The lowest BCUT2D eigenvalue weighted by Gasteiger charge is -2.27. The van der Waals surface area contributed by atoms with E-state index in [0.717, 1.165) is 21.2 Å². The Kier molecular flexibility index (Phi) is 5.37. The monoisotopic (exact) mass is 447 g/mol. The Bertz CT molecular complexity index is 1100. The summed E-state index contributed by atoms with van der Waals surface area (Å²) in [5.41, 5.74) is 3.96. The molecule has 3 aromatic rings. The number of carbonyl (C=O) groups excluding carboxylic acids is 1. The number of halogens is 1. The molecule has 0 amide bonds. The van der Waals surface area contributed by atoms with Crippen molar-refractivity contribution in [1.82, 2.24) is 0 Å². The zero-order valence-electron chi connectivity index (χ0n) is 15.8. The van der Waals surface area contributed by atoms with Crippen LogP contribution in [0.15, 0.2) is 65.1 Å². The molecular weight excluding hydrogens is 430 g/mol. The fourth-order valence-electron chi connectivity index (χ4n) is 3.36. The minimum atomic E-state index is -0.310. The van der Waals surface area contributed by atoms with Crippen LogP contribution in [0.25, 0.3) is 0 Å². The molecule has 3 aromatic carbocycles. The molecule has 0 aliphatic carbocycles. The second-order valence-corrected chi connectivity index (χ2v) is 7.86. The molecule has 1 atom stereocenters. The minimum Gasteiger partial charge on any atom is -0.488 e. The zero-order valence-corrected chi connectivity index (χ0v) is 17.4. The van der Waals surface area contributed by atoms with E-state index in [9.17, 15) is 4.79 Å². The first-order chi connectivity index (χ1) is 14.0. The van der Waals surface area contributed by atoms with Gasteiger partial charge in [-0.25, -0.2) is 0 Å². The maximum Gasteiger partial charge on any atom is 0.170 e. The Morgan fingerprint density at radius 2 is 1.83 bits per heavy atom. The summed E-state index contributed by atoms with van der Waals surface area (Å²) in [5.74, 6) is 1.34. The van der Waals surface area contributed by atoms with Crippen molar-refractivity contribution in [2.45, 2.75) is 26.1 Å². The Morgan fingerprint density at radius 1 is 1.10 bits per heavy atom. The highest BCUT2D eigenvalue weighted by Crippen LogP contribution is 2.40. The summed E-state index contributed by atoms with van der Waals surface area (Å²) in [4.78, 5) is 12.7. The maximum absolute atomic E-state index is 12.7. The second-order valence-electron chi connectivity index (χ2n) is 6.95. The van der Waals surface area contributed by atoms with Crippen molar-refractivity contribution in [3.8, 4) is 17.6 Å². The van der Waals surface area contributed by atoms with E-state index in [1.165, 1.54) is 0 Å². The van der Waals surface area contributed by atoms with Crippen LogP contribution in [-0.4, -0.2) is 5.78 Å². The van der Waals surface area contributed by atoms with Crippen LogP contribution in [-0.2, 0) is 6.61 Å². The molecule has 4 nitrogen and oxygen atoms in total. The van der Waals surface area contributed by atoms with Crippen molar-refractivity contribution in [1.29, 1.82) is 5.26 Å². The first kappa shape index (κ1) is 19.2. The standard InChI is InChI=1S/C24H18BrNO3/c1-15-22(28-14-17-4-2-16(13-26)3-5-17)11-10-20-21(27)12-23(29-24(15)20)18-6-8-19(25)9-7-18/h2-11,23H,12,14H2,1H3. The summed E-state index contributed by atoms with van der Waals surface area (Å²) in [6, 6.07) is 20.8. The van der Waals surface area contributed by atoms with E-state index in [2.05, 4.69) is 22.0 Å². The molecule has 4 rings (SSSR count). The topological polar surface area (TPSA) is 59.3 Å². The van der Waals surface area contributed by atoms with Crippen LogP contribution < -0.4 is 9.47 Å². The zero-order chi connectivity index (χ0) is 20.4. The normalized spacial score (nSPS) is 15.2. The van der Waals surface area contributed by atoms with Gasteiger partial charge in [-0.05, 0) is 54.4 Å². The molecule has 0 saturated heterocycles. The Balaban J connectivity index is 1.56. The molecule has 0 fully saturated rings. The Morgan fingerprint density at radius 3 is 2.52 bits per heavy atom. The number of carbonyl (C=O) groups is 1. The third-order valence-corrected chi connectivity index (χ3v) is 5.54. The van der Waals surface area contributed by atoms with E-state index in [0.29, 0.717) is 35.7 Å². The quantitative estimate of drug-likeness (QED) is 0.498. The van der Waals surface area contributed by atoms with E-state index in [-0.39, 0.29) is 11.9 Å². The number of benzene rings is 3. The largest absolute Gasteiger partial charge is 0.488 e. The number of hydrogen-bond acceptors (Lipinski definition) is 4. The molecule has 0 spiro atoms. The average Bonchev–Trinajstić information content (AvgIpc) is 2.74. The van der Waals surface area contributed by atoms with Gasteiger partial charge in [0.1, 0.15) is 24.2 Å². The highest BCUT2D eigenvalue weighted by Gasteiger charge is 2.30. The van der Waals surface area contributed by atoms with Gasteiger partial charge in [0.25, 0.3) is 0 Å². The lowest BCUT2D eigenvalue weighted by molar-refractivity contribution is 0.0847. The van der Waals surface area contributed by atoms with Crippen molar-refractivity contribution in [3.63, 3.8) is 0 Å². The first-order valence-corrected chi connectivity index (χ1v) is 10.0. The van der Waals surface area contributed by atoms with Crippen molar-refractivity contribution >= 4 is 21.7 Å². The summed E-state index contributed by atoms with van der Waals surface area (Å²) in [6.45, 7) is 2.28. The Hall–Kier alpha value is -3.10. The number of nitriles is 1. The highest BCUT2D eigenvalue weighted by atomic mass is 79.9. The fraction of sp³-hybridized carbons (Fsp3) is 0.167. The van der Waals surface area contributed by atoms with Crippen molar-refractivity contribution in [2.75, 3.05) is 0 Å². The van der Waals surface area contributed by atoms with Gasteiger partial charge in [0.15, 0.2) is 5.78 Å². The van der Waals surface area contributed by atoms with Crippen LogP contribution in [0.5, 0.6) is 11.5 Å². The van der Waals surface area contributed by atoms with Crippen LogP contribution in [0.2, 0.25) is 0 Å². The van der Waals surface area contributed by atoms with Crippen LogP contribution in [0.1, 0.15) is 45.1 Å². The lowest BCUT2D eigenvalue weighted by atomic mass is 9.94. The number of rotatable bonds is 4. The SMILES string of the molecule is Cc1c(OCc2ccc(C#N)cc2)ccc2c1OC(c1ccc(Br)cc1)CC2=O. The number of nitrogens with zero attached hydrogens (tertiary/aromatic N) is 1. The fourth-order valence-corrected chi connectivity index (χ4v) is 3.63. The van der Waals surface area contributed by atoms with E-state index >= 15 is 0 Å². The van der Waals surface area contributed by atoms with Gasteiger partial charge in [-0.3, -0.25) is 4.79 Å². The molecule has 0 aromatic heterocycles. The third kappa shape index (κ3) is 4.03. The van der Waals surface area contributed by atoms with Gasteiger partial charge in [-0.15, -0.1) is 0 Å². The van der Waals surface area contributed by atoms with Crippen molar-refractivity contribution in [3.05, 3.63) is 93.0 Å². The number of Topliss-reactive ketones (excluding diaryl/α,β-unsaturated/α-hetero) is 1. The molecular formula is C24H18BrNO3. The van der Waals surface area contributed by atoms with Crippen LogP contribution in [0.3, 0.4) is 0 Å². The summed E-state index contributed by atoms with van der Waals surface area (Å²) >= 11 is 3.43. The molecule has 29 heavy (non-hydrogen) atoms. The van der Waals surface area contributed by atoms with E-state index in [4.69, 9.17) is 14.7 Å². The van der Waals surface area contributed by atoms with E-state index < -0.39 is 0 Å². The average molecular weight is 448 g/mol. The molecule has 0 bridgehead atoms. The predicted molar refractivity (Wildman–Crippen MR) is 113 cm³/mol. The van der Waals surface area contributed by atoms with Crippen molar-refractivity contribution < 1.29 is 14.3 Å². The van der Waals surface area contributed by atoms with Gasteiger partial charge < -0.3 is 9.47 Å². The molecule has 1 aliphatic rings. The van der Waals surface area contributed by atoms with Gasteiger partial charge in [-0.2, -0.15) is 5.26 Å². The summed E-state index contributed by atoms with van der Waals surface area (Å²) < 4.78 is 13.2. The van der Waals surface area contributed by atoms with E-state index in [1.54, 1.807) is 18.2 Å². The van der Waals surface area contributed by atoms with Crippen LogP contribution in [0.4, 0.5) is 0 Å². The summed E-state index contributed by atoms with van der Waals surface area (Å²) in [7, 11) is 0. The van der Waals surface area contributed by atoms with Crippen LogP contribution >= 0.6 is 15.9 Å². The van der Waals surface area contributed by atoms with Gasteiger partial charge in [0, 0.05) is 10.0 Å². The lowest BCUT2D eigenvalue weighted by Crippen LogP contribution is -2.21. The number of fused-ring (bicyclic) bond motifs is 1. The number of ether oxygens (including phenoxy) is 2. The van der Waals surface area contributed by atoms with Gasteiger partial charge in [-0.1, -0.05) is 40.2 Å². The minimum absolute atomic E-state index is 0.0703. The summed E-state index contributed by atoms with van der Waals surface area (Å²) in [5, 5.41) is 8.90. The molecule has 5 heteroatoms. The van der Waals surface area contributed by atoms with Crippen LogP contribution in [0, 0.1) is 18.3 Å². The highest BCUT2D eigenvalue weighted by molar-refractivity contribution is 9.10. The Labute approximate surface area is 177 Å². The van der Waals surface area contributed by atoms with Gasteiger partial charge in [0.05, 0.1) is 23.6 Å². The molecule has 1 aliphatic heterocycles. The molecule has 1 unspecified atom stereocenters. The molecule has 144 valence electrons.